The van der Waals surface area contributed by atoms with Crippen molar-refractivity contribution in [2.75, 3.05) is 6.61 Å². The van der Waals surface area contributed by atoms with Crippen LogP contribution in [-0.4, -0.2) is 72.8 Å². The van der Waals surface area contributed by atoms with Crippen molar-refractivity contribution in [3.8, 4) is 0 Å². The van der Waals surface area contributed by atoms with Gasteiger partial charge in [0, 0.05) is 35.2 Å². The van der Waals surface area contributed by atoms with Crippen molar-refractivity contribution in [3.63, 3.8) is 0 Å². The lowest BCUT2D eigenvalue weighted by Gasteiger charge is -2.68. The Kier molecular flexibility index (Phi) is 10.6. The zero-order valence-electron chi connectivity index (χ0n) is 34.9. The molecule has 9 nitrogen and oxygen atoms in total. The lowest BCUT2D eigenvalue weighted by molar-refractivity contribution is -0.301. The van der Waals surface area contributed by atoms with E-state index in [2.05, 4.69) is 46.1 Å². The lowest BCUT2D eigenvalue weighted by atomic mass is 9.40. The van der Waals surface area contributed by atoms with E-state index in [0.717, 1.165) is 11.1 Å². The first-order chi connectivity index (χ1) is 25.4. The molecule has 2 aromatic rings. The van der Waals surface area contributed by atoms with Crippen molar-refractivity contribution in [1.29, 1.82) is 0 Å². The predicted octanol–water partition coefficient (Wildman–Crippen LogP) is 7.58. The van der Waals surface area contributed by atoms with Gasteiger partial charge in [-0.1, -0.05) is 104 Å². The molecule has 4 aliphatic rings. The smallest absolute Gasteiger partial charge is 0.337 e. The Morgan fingerprint density at radius 1 is 0.982 bits per heavy atom. The molecule has 3 aliphatic carbocycles. The van der Waals surface area contributed by atoms with Gasteiger partial charge in [-0.3, -0.25) is 9.59 Å². The monoisotopic (exact) mass is 773 g/mol. The molecule has 0 aromatic heterocycles. The summed E-state index contributed by atoms with van der Waals surface area (Å²) in [6.45, 7) is 24.6. The summed E-state index contributed by atoms with van der Waals surface area (Å²) < 4.78 is 19.6. The summed E-state index contributed by atoms with van der Waals surface area (Å²) in [6, 6.07) is 17.3. The number of esters is 1. The van der Waals surface area contributed by atoms with Crippen molar-refractivity contribution >= 4 is 26.0 Å². The Balaban J connectivity index is 1.45. The van der Waals surface area contributed by atoms with Crippen molar-refractivity contribution in [3.05, 3.63) is 82.9 Å². The van der Waals surface area contributed by atoms with E-state index in [-0.39, 0.29) is 29.3 Å². The van der Waals surface area contributed by atoms with Gasteiger partial charge in [0.25, 0.3) is 5.91 Å². The Hall–Kier alpha value is -3.15. The van der Waals surface area contributed by atoms with Gasteiger partial charge in [0.05, 0.1) is 35.9 Å². The van der Waals surface area contributed by atoms with Crippen LogP contribution in [0.4, 0.5) is 0 Å². The third kappa shape index (κ3) is 6.48. The minimum atomic E-state index is -2.69. The van der Waals surface area contributed by atoms with Crippen LogP contribution in [0.25, 0.3) is 0 Å². The van der Waals surface area contributed by atoms with Gasteiger partial charge in [-0.2, -0.15) is 0 Å². The minimum Gasteiger partial charge on any atom is -0.456 e. The van der Waals surface area contributed by atoms with Gasteiger partial charge in [-0.05, 0) is 72.7 Å². The summed E-state index contributed by atoms with van der Waals surface area (Å²) in [7, 11) is -2.69. The average molecular weight is 774 g/mol. The van der Waals surface area contributed by atoms with Gasteiger partial charge in [-0.25, -0.2) is 4.79 Å². The number of carbonyl (C=O) groups excluding carboxylic acids is 3. The first-order valence-corrected chi connectivity index (χ1v) is 22.9. The summed E-state index contributed by atoms with van der Waals surface area (Å²) >= 11 is 0. The zero-order chi connectivity index (χ0) is 40.7. The van der Waals surface area contributed by atoms with Gasteiger partial charge in [0.2, 0.25) is 0 Å². The highest BCUT2D eigenvalue weighted by Crippen LogP contribution is 2.67. The molecule has 0 radical (unpaired) electrons. The maximum atomic E-state index is 15.0. The molecule has 11 atom stereocenters. The summed E-state index contributed by atoms with van der Waals surface area (Å²) in [5.74, 6) is -2.62. The second kappa shape index (κ2) is 14.0. The van der Waals surface area contributed by atoms with E-state index >= 15 is 4.79 Å². The lowest BCUT2D eigenvalue weighted by Crippen LogP contribution is -2.74. The fraction of sp³-hybridized carbons (Fsp3) is 0.622. The molecule has 3 fully saturated rings. The number of aliphatic hydroxyl groups excluding tert-OH is 1. The van der Waals surface area contributed by atoms with Crippen LogP contribution in [0.1, 0.15) is 104 Å². The molecule has 300 valence electrons. The van der Waals surface area contributed by atoms with Crippen LogP contribution in [0.3, 0.4) is 0 Å². The SMILES string of the molecule is CC1=C2[C@@H](C)C(=O)[C@@]3(C)[C@H]([C@H](C)[C@](O)(C[C@@H]1OC(=O)[C@H](O[Si](C)(C)C(C)(C)C)[C@@H](NC(=O)c1ccccc1)c1ccccc1)C2(C)C)[C@]1(C)CO[C@@H]1C[C@@H]3O. The Bertz CT molecular complexity index is 1840. The molecule has 1 saturated heterocycles. The number of rotatable bonds is 8. The highest BCUT2D eigenvalue weighted by molar-refractivity contribution is 6.74. The fourth-order valence-electron chi connectivity index (χ4n) is 10.8. The Morgan fingerprint density at radius 3 is 2.11 bits per heavy atom. The van der Waals surface area contributed by atoms with Gasteiger partial charge in [0.1, 0.15) is 11.9 Å². The number of Topliss-reactive ketones (excluding diaryl/α,β-unsaturated/α-hetero) is 1. The number of hydrogen-bond acceptors (Lipinski definition) is 8. The number of benzene rings is 2. The summed E-state index contributed by atoms with van der Waals surface area (Å²) in [5.41, 5.74) is -1.28. The molecular formula is C45H63NO8Si. The quantitative estimate of drug-likeness (QED) is 0.142. The molecule has 0 unspecified atom stereocenters. The van der Waals surface area contributed by atoms with E-state index in [1.165, 1.54) is 0 Å². The van der Waals surface area contributed by atoms with E-state index < -0.39 is 78.2 Å². The van der Waals surface area contributed by atoms with Gasteiger partial charge in [-0.15, -0.1) is 0 Å². The number of ether oxygens (including phenoxy) is 2. The number of carbonyl (C=O) groups is 3. The molecule has 6 rings (SSSR count). The average Bonchev–Trinajstić information content (AvgIpc) is 3.12. The van der Waals surface area contributed by atoms with Crippen LogP contribution in [0, 0.1) is 34.0 Å². The number of nitrogens with one attached hydrogen (secondary N) is 1. The zero-order valence-corrected chi connectivity index (χ0v) is 35.9. The van der Waals surface area contributed by atoms with Crippen LogP contribution < -0.4 is 5.32 Å². The standard InChI is InChI=1S/C45H63NO8Si/c1-26-31(24-45(51)28(3)37-43(9)25-52-33(43)23-32(47)44(37,10)38(48)27(2)34(26)42(45,7)8)53-40(50)36(54-55(11,12)41(4,5)6)35(29-19-15-13-16-20-29)46-39(49)30-21-17-14-18-22-30/h13-22,27-28,31-33,35-37,47,51H,23-25H2,1-12H3,(H,46,49)/t27-,28+,31+,32+,33-,35+,36-,37-,43-,44-,45-/m1/s1. The summed E-state index contributed by atoms with van der Waals surface area (Å²) in [6.07, 6.45) is -2.81. The van der Waals surface area contributed by atoms with Crippen molar-refractivity contribution in [1.82, 2.24) is 5.32 Å². The number of aliphatic hydroxyl groups is 2. The number of hydrogen-bond donors (Lipinski definition) is 3. The minimum absolute atomic E-state index is 0.0632. The second-order valence-corrected chi connectivity index (χ2v) is 24.3. The maximum absolute atomic E-state index is 15.0. The first-order valence-electron chi connectivity index (χ1n) is 20.0. The van der Waals surface area contributed by atoms with E-state index in [4.69, 9.17) is 13.9 Å². The summed E-state index contributed by atoms with van der Waals surface area (Å²) in [4.78, 5) is 43.8. The van der Waals surface area contributed by atoms with Gasteiger partial charge in [0.15, 0.2) is 14.4 Å². The molecular weight excluding hydrogens is 711 g/mol. The van der Waals surface area contributed by atoms with Gasteiger partial charge < -0.3 is 29.4 Å². The molecule has 10 heteroatoms. The molecule has 2 bridgehead atoms. The molecule has 3 N–H and O–H groups in total. The fourth-order valence-corrected chi connectivity index (χ4v) is 12.1. The van der Waals surface area contributed by atoms with Crippen LogP contribution in [0.2, 0.25) is 18.1 Å². The van der Waals surface area contributed by atoms with Gasteiger partial charge >= 0.3 is 5.97 Å². The molecule has 55 heavy (non-hydrogen) atoms. The molecule has 1 heterocycles. The third-order valence-electron chi connectivity index (χ3n) is 15.1. The van der Waals surface area contributed by atoms with Crippen LogP contribution in [0.15, 0.2) is 71.8 Å². The number of ketones is 1. The Labute approximate surface area is 328 Å². The third-order valence-corrected chi connectivity index (χ3v) is 19.5. The van der Waals surface area contributed by atoms with Crippen LogP contribution >= 0.6 is 0 Å². The van der Waals surface area contributed by atoms with Crippen molar-refractivity contribution in [2.45, 2.75) is 136 Å². The van der Waals surface area contributed by atoms with E-state index in [9.17, 15) is 19.8 Å². The van der Waals surface area contributed by atoms with Crippen molar-refractivity contribution < 1.29 is 38.5 Å². The van der Waals surface area contributed by atoms with Crippen LogP contribution in [0.5, 0.6) is 0 Å². The largest absolute Gasteiger partial charge is 0.456 e. The van der Waals surface area contributed by atoms with E-state index in [0.29, 0.717) is 24.2 Å². The van der Waals surface area contributed by atoms with E-state index in [1.54, 1.807) is 24.3 Å². The molecule has 2 aromatic carbocycles. The topological polar surface area (TPSA) is 131 Å². The Morgan fingerprint density at radius 2 is 1.56 bits per heavy atom. The van der Waals surface area contributed by atoms with Crippen molar-refractivity contribution in [2.24, 2.45) is 34.0 Å². The predicted molar refractivity (Wildman–Crippen MR) is 214 cm³/mol. The van der Waals surface area contributed by atoms with Crippen LogP contribution in [-0.2, 0) is 23.5 Å². The highest BCUT2D eigenvalue weighted by Gasteiger charge is 2.72. The normalized spacial score (nSPS) is 35.6. The summed E-state index contributed by atoms with van der Waals surface area (Å²) in [5, 5.41) is 27.9. The molecule has 1 amide bonds. The van der Waals surface area contributed by atoms with E-state index in [1.807, 2.05) is 77.9 Å². The maximum Gasteiger partial charge on any atom is 0.337 e. The highest BCUT2D eigenvalue weighted by atomic mass is 28.4. The molecule has 0 spiro atoms. The molecule has 1 aliphatic heterocycles. The number of amides is 1. The first kappa shape index (κ1) is 41.5. The second-order valence-electron chi connectivity index (χ2n) is 19.5. The molecule has 2 saturated carbocycles. The number of fused-ring (bicyclic) bond motifs is 5.